The van der Waals surface area contributed by atoms with Crippen molar-refractivity contribution >= 4 is 38.2 Å². The lowest BCUT2D eigenvalue weighted by molar-refractivity contribution is 0.0998. The highest BCUT2D eigenvalue weighted by atomic mass is 32.1. The molecule has 1 heterocycles. The molecule has 0 bridgehead atoms. The standard InChI is InChI=1S/C19H13FN2OS/c1-22-16-9-8-15(20)11-17(16)24-19(22)21-18(23)14-7-6-12-4-2-3-5-13(12)10-14/h2-11H,1H3. The SMILES string of the molecule is Cn1c(=NC(=O)c2ccc3ccccc3c2)sc2cc(F)ccc21. The topological polar surface area (TPSA) is 34.4 Å². The zero-order chi connectivity index (χ0) is 16.7. The fourth-order valence-electron chi connectivity index (χ4n) is 2.69. The van der Waals surface area contributed by atoms with Crippen molar-refractivity contribution in [2.75, 3.05) is 0 Å². The number of carbonyl (C=O) groups is 1. The van der Waals surface area contributed by atoms with Gasteiger partial charge >= 0.3 is 0 Å². The summed E-state index contributed by atoms with van der Waals surface area (Å²) in [6, 6.07) is 18.0. The van der Waals surface area contributed by atoms with Gasteiger partial charge in [0.2, 0.25) is 0 Å². The van der Waals surface area contributed by atoms with Crippen molar-refractivity contribution < 1.29 is 9.18 Å². The van der Waals surface area contributed by atoms with Gasteiger partial charge in [0.1, 0.15) is 5.82 Å². The number of hydrogen-bond donors (Lipinski definition) is 0. The van der Waals surface area contributed by atoms with Gasteiger partial charge in [-0.15, -0.1) is 0 Å². The number of aryl methyl sites for hydroxylation is 1. The number of carbonyl (C=O) groups excluding carboxylic acids is 1. The minimum Gasteiger partial charge on any atom is -0.319 e. The van der Waals surface area contributed by atoms with E-state index in [2.05, 4.69) is 4.99 Å². The molecule has 0 N–H and O–H groups in total. The lowest BCUT2D eigenvalue weighted by Crippen LogP contribution is -2.13. The van der Waals surface area contributed by atoms with E-state index in [-0.39, 0.29) is 11.7 Å². The predicted octanol–water partition coefficient (Wildman–Crippen LogP) is 4.27. The van der Waals surface area contributed by atoms with Gasteiger partial charge in [0, 0.05) is 12.6 Å². The van der Waals surface area contributed by atoms with Crippen LogP contribution in [-0.2, 0) is 7.05 Å². The lowest BCUT2D eigenvalue weighted by atomic mass is 10.1. The quantitative estimate of drug-likeness (QED) is 0.511. The van der Waals surface area contributed by atoms with Crippen LogP contribution in [0.4, 0.5) is 4.39 Å². The maximum Gasteiger partial charge on any atom is 0.279 e. The molecule has 0 saturated heterocycles. The van der Waals surface area contributed by atoms with Crippen LogP contribution in [0.1, 0.15) is 10.4 Å². The first kappa shape index (κ1) is 14.8. The van der Waals surface area contributed by atoms with Gasteiger partial charge in [0.15, 0.2) is 4.80 Å². The molecule has 3 nitrogen and oxygen atoms in total. The first-order valence-electron chi connectivity index (χ1n) is 7.45. The lowest BCUT2D eigenvalue weighted by Gasteiger charge is -2.00. The number of rotatable bonds is 1. The Labute approximate surface area is 141 Å². The number of hydrogen-bond acceptors (Lipinski definition) is 2. The Morgan fingerprint density at radius 1 is 1.04 bits per heavy atom. The second-order valence-electron chi connectivity index (χ2n) is 5.53. The van der Waals surface area contributed by atoms with Crippen LogP contribution in [0.5, 0.6) is 0 Å². The Morgan fingerprint density at radius 2 is 1.83 bits per heavy atom. The van der Waals surface area contributed by atoms with Crippen molar-refractivity contribution in [3.63, 3.8) is 0 Å². The largest absolute Gasteiger partial charge is 0.319 e. The third-order valence-electron chi connectivity index (χ3n) is 3.96. The number of nitrogens with zero attached hydrogens (tertiary/aromatic N) is 2. The van der Waals surface area contributed by atoms with Gasteiger partial charge < -0.3 is 4.57 Å². The highest BCUT2D eigenvalue weighted by Gasteiger charge is 2.08. The molecular formula is C19H13FN2OS. The van der Waals surface area contributed by atoms with Crippen molar-refractivity contribution in [1.29, 1.82) is 0 Å². The van der Waals surface area contributed by atoms with Crippen LogP contribution in [0, 0.1) is 5.82 Å². The molecule has 4 aromatic rings. The molecule has 0 atom stereocenters. The summed E-state index contributed by atoms with van der Waals surface area (Å²) >= 11 is 1.30. The van der Waals surface area contributed by atoms with E-state index in [4.69, 9.17) is 0 Å². The fraction of sp³-hybridized carbons (Fsp3) is 0.0526. The number of benzene rings is 3. The fourth-order valence-corrected chi connectivity index (χ4v) is 3.73. The molecule has 1 amide bonds. The van der Waals surface area contributed by atoms with Crippen LogP contribution in [0.15, 0.2) is 65.7 Å². The van der Waals surface area contributed by atoms with Crippen molar-refractivity contribution in [2.24, 2.45) is 12.0 Å². The molecule has 0 aliphatic rings. The molecular weight excluding hydrogens is 323 g/mol. The molecule has 0 aliphatic heterocycles. The molecule has 1 aromatic heterocycles. The highest BCUT2D eigenvalue weighted by molar-refractivity contribution is 7.16. The second kappa shape index (κ2) is 5.69. The van der Waals surface area contributed by atoms with Crippen LogP contribution in [-0.4, -0.2) is 10.5 Å². The Balaban J connectivity index is 1.81. The minimum absolute atomic E-state index is 0.295. The van der Waals surface area contributed by atoms with Gasteiger partial charge in [-0.3, -0.25) is 4.79 Å². The highest BCUT2D eigenvalue weighted by Crippen LogP contribution is 2.19. The average molecular weight is 336 g/mol. The number of halogens is 1. The Bertz CT molecular complexity index is 1160. The average Bonchev–Trinajstić information content (AvgIpc) is 2.89. The van der Waals surface area contributed by atoms with Crippen LogP contribution < -0.4 is 4.80 Å². The maximum atomic E-state index is 13.4. The summed E-state index contributed by atoms with van der Waals surface area (Å²) in [6.07, 6.45) is 0. The summed E-state index contributed by atoms with van der Waals surface area (Å²) in [4.78, 5) is 17.3. The molecule has 0 spiro atoms. The summed E-state index contributed by atoms with van der Waals surface area (Å²) < 4.78 is 15.9. The predicted molar refractivity (Wildman–Crippen MR) is 94.6 cm³/mol. The third kappa shape index (κ3) is 2.53. The summed E-state index contributed by atoms with van der Waals surface area (Å²) in [5.74, 6) is -0.597. The van der Waals surface area contributed by atoms with Gasteiger partial charge in [0.25, 0.3) is 5.91 Å². The van der Waals surface area contributed by atoms with Crippen LogP contribution in [0.25, 0.3) is 21.0 Å². The van der Waals surface area contributed by atoms with E-state index in [1.165, 1.54) is 23.5 Å². The number of aromatic nitrogens is 1. The van der Waals surface area contributed by atoms with Crippen LogP contribution in [0.2, 0.25) is 0 Å². The van der Waals surface area contributed by atoms with E-state index in [1.54, 1.807) is 16.7 Å². The van der Waals surface area contributed by atoms with E-state index in [0.717, 1.165) is 21.0 Å². The van der Waals surface area contributed by atoms with Gasteiger partial charge in [-0.25, -0.2) is 4.39 Å². The van der Waals surface area contributed by atoms with Crippen LogP contribution in [0.3, 0.4) is 0 Å². The zero-order valence-electron chi connectivity index (χ0n) is 12.9. The monoisotopic (exact) mass is 336 g/mol. The number of fused-ring (bicyclic) bond motifs is 2. The molecule has 24 heavy (non-hydrogen) atoms. The van der Waals surface area contributed by atoms with Gasteiger partial charge in [-0.1, -0.05) is 41.7 Å². The summed E-state index contributed by atoms with van der Waals surface area (Å²) in [5.41, 5.74) is 1.39. The van der Waals surface area contributed by atoms with E-state index in [0.29, 0.717) is 10.4 Å². The van der Waals surface area contributed by atoms with Crippen molar-refractivity contribution in [3.8, 4) is 0 Å². The first-order chi connectivity index (χ1) is 11.6. The maximum absolute atomic E-state index is 13.4. The number of amides is 1. The number of thiazole rings is 1. The Kier molecular flexibility index (Phi) is 3.50. The molecule has 5 heteroatoms. The molecule has 3 aromatic carbocycles. The molecule has 0 saturated carbocycles. The second-order valence-corrected chi connectivity index (χ2v) is 6.54. The van der Waals surface area contributed by atoms with E-state index >= 15 is 0 Å². The smallest absolute Gasteiger partial charge is 0.279 e. The van der Waals surface area contributed by atoms with E-state index in [9.17, 15) is 9.18 Å². The van der Waals surface area contributed by atoms with E-state index < -0.39 is 0 Å². The normalized spacial score (nSPS) is 12.2. The molecule has 0 unspecified atom stereocenters. The molecule has 0 aliphatic carbocycles. The molecule has 118 valence electrons. The van der Waals surface area contributed by atoms with Crippen molar-refractivity contribution in [2.45, 2.75) is 0 Å². The Hall–Kier alpha value is -2.79. The summed E-state index contributed by atoms with van der Waals surface area (Å²) in [5, 5.41) is 2.08. The molecule has 4 rings (SSSR count). The van der Waals surface area contributed by atoms with E-state index in [1.807, 2.05) is 43.4 Å². The van der Waals surface area contributed by atoms with Crippen molar-refractivity contribution in [3.05, 3.63) is 76.8 Å². The molecule has 0 fully saturated rings. The third-order valence-corrected chi connectivity index (χ3v) is 5.06. The summed E-state index contributed by atoms with van der Waals surface area (Å²) in [6.45, 7) is 0. The van der Waals surface area contributed by atoms with Gasteiger partial charge in [-0.05, 0) is 41.1 Å². The minimum atomic E-state index is -0.302. The Morgan fingerprint density at radius 3 is 2.67 bits per heavy atom. The van der Waals surface area contributed by atoms with Crippen LogP contribution >= 0.6 is 11.3 Å². The first-order valence-corrected chi connectivity index (χ1v) is 8.26. The van der Waals surface area contributed by atoms with Gasteiger partial charge in [0.05, 0.1) is 10.2 Å². The summed E-state index contributed by atoms with van der Waals surface area (Å²) in [7, 11) is 1.82. The zero-order valence-corrected chi connectivity index (χ0v) is 13.7. The van der Waals surface area contributed by atoms with Gasteiger partial charge in [-0.2, -0.15) is 4.99 Å². The molecule has 0 radical (unpaired) electrons. The van der Waals surface area contributed by atoms with Crippen molar-refractivity contribution in [1.82, 2.24) is 4.57 Å².